The molecule has 3 fully saturated rings. The monoisotopic (exact) mass is 505 g/mol. The highest BCUT2D eigenvalue weighted by Gasteiger charge is 2.72. The van der Waals surface area contributed by atoms with Crippen molar-refractivity contribution in [3.05, 3.63) is 23.8 Å². The maximum atomic E-state index is 12.7. The molecule has 3 aliphatic rings. The molecule has 2 aliphatic heterocycles. The second-order valence-corrected chi connectivity index (χ2v) is 10.2. The molecule has 1 saturated carbocycles. The molecule has 0 amide bonds. The van der Waals surface area contributed by atoms with Gasteiger partial charge in [0.25, 0.3) is 0 Å². The Morgan fingerprint density at radius 1 is 1.22 bits per heavy atom. The first kappa shape index (κ1) is 26.2. The number of phenolic OH excluding ortho intramolecular Hbond substituents is 2. The molecule has 6 atom stereocenters. The lowest BCUT2D eigenvalue weighted by atomic mass is 9.68. The topological polar surface area (TPSA) is 139 Å². The van der Waals surface area contributed by atoms with E-state index in [4.69, 9.17) is 23.7 Å². The number of esters is 2. The number of hydrogen-bond acceptors (Lipinski definition) is 10. The third kappa shape index (κ3) is 5.30. The van der Waals surface area contributed by atoms with Crippen molar-refractivity contribution in [1.82, 2.24) is 0 Å². The summed E-state index contributed by atoms with van der Waals surface area (Å²) in [7, 11) is 1.62. The number of carbonyl (C=O) groups excluding carboxylic acids is 2. The van der Waals surface area contributed by atoms with Crippen LogP contribution in [0, 0.1) is 5.92 Å². The van der Waals surface area contributed by atoms with Crippen LogP contribution in [0.2, 0.25) is 0 Å². The molecular formula is C26H35NO9. The van der Waals surface area contributed by atoms with Gasteiger partial charge < -0.3 is 39.2 Å². The number of epoxide rings is 2. The van der Waals surface area contributed by atoms with E-state index in [-0.39, 0.29) is 41.7 Å². The highest BCUT2D eigenvalue weighted by Crippen LogP contribution is 2.59. The summed E-state index contributed by atoms with van der Waals surface area (Å²) in [5.41, 5.74) is 0.758. The smallest absolute Gasteiger partial charge is 0.325 e. The first-order chi connectivity index (χ1) is 17.0. The molecule has 4 rings (SSSR count). The molecule has 0 bridgehead atoms. The van der Waals surface area contributed by atoms with Crippen LogP contribution in [0.25, 0.3) is 0 Å². The highest BCUT2D eigenvalue weighted by atomic mass is 16.6. The summed E-state index contributed by atoms with van der Waals surface area (Å²) in [6.07, 6.45) is 3.53. The second kappa shape index (κ2) is 9.91. The van der Waals surface area contributed by atoms with E-state index in [0.29, 0.717) is 13.0 Å². The zero-order valence-electron chi connectivity index (χ0n) is 21.3. The molecule has 1 spiro atoms. The molecule has 2 heterocycles. The van der Waals surface area contributed by atoms with Crippen molar-refractivity contribution in [1.29, 1.82) is 0 Å². The number of ether oxygens (including phenoxy) is 5. The molecule has 2 saturated heterocycles. The predicted molar refractivity (Wildman–Crippen MR) is 129 cm³/mol. The number of anilines is 1. The van der Waals surface area contributed by atoms with E-state index >= 15 is 0 Å². The van der Waals surface area contributed by atoms with Gasteiger partial charge in [0.15, 0.2) is 11.5 Å². The van der Waals surface area contributed by atoms with Gasteiger partial charge in [-0.1, -0.05) is 11.6 Å². The summed E-state index contributed by atoms with van der Waals surface area (Å²) in [5.74, 6) is -2.50. The minimum atomic E-state index is -0.685. The average Bonchev–Trinajstić information content (AvgIpc) is 3.71. The fourth-order valence-electron chi connectivity index (χ4n) is 5.40. The molecule has 0 aromatic heterocycles. The molecule has 0 radical (unpaired) electrons. The van der Waals surface area contributed by atoms with Crippen molar-refractivity contribution in [2.45, 2.75) is 76.5 Å². The molecule has 36 heavy (non-hydrogen) atoms. The maximum Gasteiger partial charge on any atom is 0.325 e. The SMILES string of the molecule is CO[C@@H]1[C@H](OC(=O)CNc2cc(O)c(OC(C)=O)c(O)c2)CC[C@]2(CO2)[C@H]1[C@@]1(C)OC1CC=C(C)C. The van der Waals surface area contributed by atoms with Crippen molar-refractivity contribution in [3.8, 4) is 17.2 Å². The summed E-state index contributed by atoms with van der Waals surface area (Å²) >= 11 is 0. The van der Waals surface area contributed by atoms with Gasteiger partial charge in [0.1, 0.15) is 30.0 Å². The molecule has 3 N–H and O–H groups in total. The number of carbonyl (C=O) groups is 2. The predicted octanol–water partition coefficient (Wildman–Crippen LogP) is 3.05. The van der Waals surface area contributed by atoms with E-state index in [0.717, 1.165) is 19.8 Å². The van der Waals surface area contributed by atoms with Gasteiger partial charge in [0.05, 0.1) is 18.6 Å². The first-order valence-corrected chi connectivity index (χ1v) is 12.1. The number of rotatable bonds is 9. The van der Waals surface area contributed by atoms with Gasteiger partial charge in [0.2, 0.25) is 5.75 Å². The standard InChI is InChI=1S/C26H35NO9/c1-14(2)6-7-20-25(4,36-20)24-23(32-5)19(8-9-26(24)13-33-26)35-21(31)12-27-16-10-17(29)22(18(30)11-16)34-15(3)28/h6,10-11,19-20,23-24,27,29-30H,7-9,12-13H2,1-5H3/t19-,20?,23-,24-,25+,26+/m1/s1. The van der Waals surface area contributed by atoms with Gasteiger partial charge in [-0.2, -0.15) is 0 Å². The van der Waals surface area contributed by atoms with Crippen molar-refractivity contribution >= 4 is 17.6 Å². The van der Waals surface area contributed by atoms with Gasteiger partial charge >= 0.3 is 11.9 Å². The van der Waals surface area contributed by atoms with Gasteiger partial charge in [-0.25, -0.2) is 0 Å². The van der Waals surface area contributed by atoms with Crippen molar-refractivity contribution < 1.29 is 43.5 Å². The Labute approximate surface area is 210 Å². The zero-order chi connectivity index (χ0) is 26.3. The average molecular weight is 506 g/mol. The molecular weight excluding hydrogens is 470 g/mol. The van der Waals surface area contributed by atoms with E-state index in [2.05, 4.69) is 32.2 Å². The largest absolute Gasteiger partial charge is 0.504 e. The molecule has 198 valence electrons. The van der Waals surface area contributed by atoms with E-state index in [9.17, 15) is 19.8 Å². The first-order valence-electron chi connectivity index (χ1n) is 12.1. The summed E-state index contributed by atoms with van der Waals surface area (Å²) in [5, 5.41) is 22.9. The Bertz CT molecular complexity index is 1020. The number of phenols is 2. The van der Waals surface area contributed by atoms with Crippen molar-refractivity contribution in [3.63, 3.8) is 0 Å². The lowest BCUT2D eigenvalue weighted by Crippen LogP contribution is -2.55. The third-order valence-electron chi connectivity index (χ3n) is 7.25. The van der Waals surface area contributed by atoms with Crippen LogP contribution in [0.5, 0.6) is 17.2 Å². The number of nitrogens with one attached hydrogen (secondary N) is 1. The Hall–Kier alpha value is -2.82. The Morgan fingerprint density at radius 3 is 2.44 bits per heavy atom. The van der Waals surface area contributed by atoms with Crippen LogP contribution in [0.3, 0.4) is 0 Å². The molecule has 1 aromatic rings. The quantitative estimate of drug-likeness (QED) is 0.199. The van der Waals surface area contributed by atoms with Crippen LogP contribution in [0.4, 0.5) is 5.69 Å². The Kier molecular flexibility index (Phi) is 7.23. The van der Waals surface area contributed by atoms with Gasteiger partial charge in [0, 0.05) is 31.9 Å². The number of benzene rings is 1. The van der Waals surface area contributed by atoms with Crippen LogP contribution < -0.4 is 10.1 Å². The summed E-state index contributed by atoms with van der Waals surface area (Å²) < 4.78 is 28.6. The molecule has 1 unspecified atom stereocenters. The number of methoxy groups -OCH3 is 1. The molecule has 10 heteroatoms. The Morgan fingerprint density at radius 2 is 1.89 bits per heavy atom. The van der Waals surface area contributed by atoms with E-state index < -0.39 is 35.1 Å². The maximum absolute atomic E-state index is 12.7. The molecule has 1 aromatic carbocycles. The fourth-order valence-corrected chi connectivity index (χ4v) is 5.40. The van der Waals surface area contributed by atoms with Gasteiger partial charge in [-0.05, 0) is 40.0 Å². The number of hydrogen-bond donors (Lipinski definition) is 3. The van der Waals surface area contributed by atoms with Crippen LogP contribution >= 0.6 is 0 Å². The van der Waals surface area contributed by atoms with Crippen molar-refractivity contribution in [2.75, 3.05) is 25.6 Å². The lowest BCUT2D eigenvalue weighted by molar-refractivity contribution is -0.170. The van der Waals surface area contributed by atoms with Crippen LogP contribution in [-0.2, 0) is 28.5 Å². The zero-order valence-corrected chi connectivity index (χ0v) is 21.3. The van der Waals surface area contributed by atoms with Crippen LogP contribution in [0.1, 0.15) is 47.0 Å². The van der Waals surface area contributed by atoms with Crippen molar-refractivity contribution in [2.24, 2.45) is 5.92 Å². The van der Waals surface area contributed by atoms with E-state index in [1.165, 1.54) is 17.7 Å². The van der Waals surface area contributed by atoms with E-state index in [1.807, 2.05) is 0 Å². The lowest BCUT2D eigenvalue weighted by Gasteiger charge is -2.42. The van der Waals surface area contributed by atoms with Crippen LogP contribution in [-0.4, -0.2) is 71.9 Å². The summed E-state index contributed by atoms with van der Waals surface area (Å²) in [6, 6.07) is 2.48. The number of aromatic hydroxyl groups is 2. The van der Waals surface area contributed by atoms with Gasteiger partial charge in [-0.3, -0.25) is 9.59 Å². The normalized spacial score (nSPS) is 32.5. The number of allylic oxidation sites excluding steroid dienone is 1. The minimum absolute atomic E-state index is 0.0579. The summed E-state index contributed by atoms with van der Waals surface area (Å²) in [6.45, 7) is 7.79. The summed E-state index contributed by atoms with van der Waals surface area (Å²) in [4.78, 5) is 23.8. The Balaban J connectivity index is 1.39. The van der Waals surface area contributed by atoms with Crippen LogP contribution in [0.15, 0.2) is 23.8 Å². The molecule has 1 aliphatic carbocycles. The second-order valence-electron chi connectivity index (χ2n) is 10.2. The third-order valence-corrected chi connectivity index (χ3v) is 7.25. The van der Waals surface area contributed by atoms with E-state index in [1.54, 1.807) is 7.11 Å². The fraction of sp³-hybridized carbons (Fsp3) is 0.615. The molecule has 10 nitrogen and oxygen atoms in total. The van der Waals surface area contributed by atoms with Gasteiger partial charge in [-0.15, -0.1) is 0 Å². The minimum Gasteiger partial charge on any atom is -0.504 e. The highest BCUT2D eigenvalue weighted by molar-refractivity contribution is 5.77.